The quantitative estimate of drug-likeness (QED) is 0.409. The van der Waals surface area contributed by atoms with Gasteiger partial charge >= 0.3 is 0 Å². The highest BCUT2D eigenvalue weighted by Crippen LogP contribution is 2.68. The lowest BCUT2D eigenvalue weighted by Gasteiger charge is -2.62. The molecular formula is C31H44N2O3S. The molecule has 4 aliphatic rings. The Morgan fingerprint density at radius 1 is 1.08 bits per heavy atom. The van der Waals surface area contributed by atoms with Crippen LogP contribution in [0.1, 0.15) is 85.0 Å². The number of amides is 1. The van der Waals surface area contributed by atoms with Crippen LogP contribution in [0.3, 0.4) is 0 Å². The Hall–Kier alpha value is -1.50. The number of para-hydroxylation sites is 1. The van der Waals surface area contributed by atoms with Crippen LogP contribution in [-0.4, -0.2) is 33.3 Å². The average Bonchev–Trinajstić information content (AvgIpc) is 3.43. The van der Waals surface area contributed by atoms with Gasteiger partial charge < -0.3 is 15.5 Å². The van der Waals surface area contributed by atoms with Crippen LogP contribution in [0.2, 0.25) is 0 Å². The number of anilines is 1. The first-order valence-corrected chi connectivity index (χ1v) is 15.5. The minimum Gasteiger partial charge on any atom is -0.393 e. The van der Waals surface area contributed by atoms with Crippen molar-refractivity contribution >= 4 is 32.6 Å². The largest absolute Gasteiger partial charge is 0.393 e. The lowest BCUT2D eigenvalue weighted by Crippen LogP contribution is -2.58. The number of benzene rings is 1. The lowest BCUT2D eigenvalue weighted by molar-refractivity contribution is -0.174. The van der Waals surface area contributed by atoms with Gasteiger partial charge in [-0.05, 0) is 116 Å². The maximum absolute atomic E-state index is 12.8. The Labute approximate surface area is 225 Å². The van der Waals surface area contributed by atoms with Crippen LogP contribution in [0.5, 0.6) is 0 Å². The molecule has 0 saturated heterocycles. The molecule has 2 aromatic rings. The maximum Gasteiger partial charge on any atom is 0.226 e. The average molecular weight is 525 g/mol. The van der Waals surface area contributed by atoms with Gasteiger partial charge in [0.15, 0.2) is 5.13 Å². The summed E-state index contributed by atoms with van der Waals surface area (Å²) < 4.78 is 1.10. The fourth-order valence-corrected chi connectivity index (χ4v) is 10.7. The number of aromatic nitrogens is 1. The third kappa shape index (κ3) is 4.35. The molecular weight excluding hydrogens is 480 g/mol. The molecule has 3 N–H and O–H groups in total. The van der Waals surface area contributed by atoms with Gasteiger partial charge in [-0.3, -0.25) is 4.79 Å². The van der Waals surface area contributed by atoms with Crippen molar-refractivity contribution in [3.05, 3.63) is 24.3 Å². The van der Waals surface area contributed by atoms with Gasteiger partial charge in [0.25, 0.3) is 0 Å². The molecule has 1 amide bonds. The Morgan fingerprint density at radius 2 is 1.84 bits per heavy atom. The minimum absolute atomic E-state index is 0.0652. The molecule has 4 saturated carbocycles. The van der Waals surface area contributed by atoms with Crippen molar-refractivity contribution in [1.82, 2.24) is 4.98 Å². The zero-order valence-electron chi connectivity index (χ0n) is 22.7. The summed E-state index contributed by atoms with van der Waals surface area (Å²) in [7, 11) is 0. The minimum atomic E-state index is -0.230. The summed E-state index contributed by atoms with van der Waals surface area (Å²) in [6.45, 7) is 7.34. The molecule has 202 valence electrons. The second-order valence-corrected chi connectivity index (χ2v) is 14.5. The molecule has 0 unspecified atom stereocenters. The first-order valence-electron chi connectivity index (χ1n) is 14.7. The molecule has 1 heterocycles. The number of rotatable bonds is 5. The van der Waals surface area contributed by atoms with Crippen molar-refractivity contribution in [1.29, 1.82) is 0 Å². The van der Waals surface area contributed by atoms with Crippen LogP contribution >= 0.6 is 11.3 Å². The molecule has 6 rings (SSSR count). The maximum atomic E-state index is 12.8. The van der Waals surface area contributed by atoms with Crippen LogP contribution in [0.4, 0.5) is 5.13 Å². The molecule has 10 atom stereocenters. The van der Waals surface area contributed by atoms with Crippen LogP contribution in [0, 0.1) is 46.3 Å². The van der Waals surface area contributed by atoms with E-state index < -0.39 is 0 Å². The van der Waals surface area contributed by atoms with Gasteiger partial charge in [0.2, 0.25) is 5.91 Å². The van der Waals surface area contributed by atoms with Gasteiger partial charge in [0, 0.05) is 6.42 Å². The first-order chi connectivity index (χ1) is 17.7. The fourth-order valence-electron chi connectivity index (χ4n) is 9.84. The van der Waals surface area contributed by atoms with E-state index in [2.05, 4.69) is 31.1 Å². The topological polar surface area (TPSA) is 82.5 Å². The second kappa shape index (κ2) is 9.60. The van der Waals surface area contributed by atoms with E-state index >= 15 is 0 Å². The molecule has 4 fully saturated rings. The number of nitrogens with one attached hydrogen (secondary N) is 1. The number of thiazole rings is 1. The summed E-state index contributed by atoms with van der Waals surface area (Å²) in [5.41, 5.74) is 1.46. The number of nitrogens with zero attached hydrogens (tertiary/aromatic N) is 1. The zero-order chi connectivity index (χ0) is 25.9. The standard InChI is InChI=1S/C31H44N2O3S/c1-18(8-11-27(36)33-29-32-24-6-4-5-7-26(24)37-29)21-9-10-22-28-23(13-15-31(21,22)3)30(2)14-12-20(34)16-19(30)17-25(28)35/h4-7,18-23,25,28,34-35H,8-17H2,1-3H3,(H,32,33,36)/t18-,19+,20-,21-,22+,23+,25+,28+,30+,31-/m1/s1. The predicted octanol–water partition coefficient (Wildman–Crippen LogP) is 6.64. The van der Waals surface area contributed by atoms with Gasteiger partial charge in [-0.25, -0.2) is 4.98 Å². The molecule has 1 aromatic carbocycles. The van der Waals surface area contributed by atoms with E-state index in [1.54, 1.807) is 0 Å². The molecule has 6 heteroatoms. The van der Waals surface area contributed by atoms with Crippen molar-refractivity contribution < 1.29 is 15.0 Å². The van der Waals surface area contributed by atoms with Crippen LogP contribution in [-0.2, 0) is 4.79 Å². The van der Waals surface area contributed by atoms with Gasteiger partial charge in [-0.2, -0.15) is 0 Å². The number of carbonyl (C=O) groups is 1. The van der Waals surface area contributed by atoms with Gasteiger partial charge in [0.05, 0.1) is 22.4 Å². The first kappa shape index (κ1) is 25.8. The summed E-state index contributed by atoms with van der Waals surface area (Å²) in [6.07, 6.45) is 9.68. The van der Waals surface area contributed by atoms with Crippen molar-refractivity contribution in [2.24, 2.45) is 46.3 Å². The highest BCUT2D eigenvalue weighted by molar-refractivity contribution is 7.22. The van der Waals surface area contributed by atoms with E-state index in [-0.39, 0.29) is 28.9 Å². The van der Waals surface area contributed by atoms with Crippen LogP contribution < -0.4 is 5.32 Å². The number of aliphatic hydroxyl groups is 2. The van der Waals surface area contributed by atoms with E-state index in [0.717, 1.165) is 42.3 Å². The number of hydrogen-bond acceptors (Lipinski definition) is 5. The monoisotopic (exact) mass is 524 g/mol. The summed E-state index contributed by atoms with van der Waals surface area (Å²) >= 11 is 1.54. The van der Waals surface area contributed by atoms with E-state index in [1.807, 2.05) is 24.3 Å². The summed E-state index contributed by atoms with van der Waals surface area (Å²) in [5.74, 6) is 3.18. The zero-order valence-corrected chi connectivity index (χ0v) is 23.5. The Balaban J connectivity index is 1.10. The third-order valence-electron chi connectivity index (χ3n) is 11.8. The molecule has 4 aliphatic carbocycles. The summed E-state index contributed by atoms with van der Waals surface area (Å²) in [5, 5.41) is 25.5. The Bertz CT molecular complexity index is 1120. The van der Waals surface area contributed by atoms with Crippen LogP contribution in [0.15, 0.2) is 24.3 Å². The summed E-state index contributed by atoms with van der Waals surface area (Å²) in [4.78, 5) is 17.4. The fraction of sp³-hybridized carbons (Fsp3) is 0.742. The molecule has 1 aromatic heterocycles. The number of aliphatic hydroxyl groups excluding tert-OH is 2. The predicted molar refractivity (Wildman–Crippen MR) is 149 cm³/mol. The molecule has 0 aliphatic heterocycles. The van der Waals surface area contributed by atoms with E-state index in [9.17, 15) is 15.0 Å². The lowest BCUT2D eigenvalue weighted by atomic mass is 9.43. The molecule has 0 radical (unpaired) electrons. The normalized spacial score (nSPS) is 42.0. The van der Waals surface area contributed by atoms with Crippen LogP contribution in [0.25, 0.3) is 10.2 Å². The van der Waals surface area contributed by atoms with Crippen molar-refractivity contribution in [2.75, 3.05) is 5.32 Å². The molecule has 0 bridgehead atoms. The Morgan fingerprint density at radius 3 is 2.65 bits per heavy atom. The van der Waals surface area contributed by atoms with Crippen molar-refractivity contribution in [3.8, 4) is 0 Å². The molecule has 37 heavy (non-hydrogen) atoms. The number of hydrogen-bond donors (Lipinski definition) is 3. The van der Waals surface area contributed by atoms with E-state index in [1.165, 1.54) is 37.0 Å². The number of carbonyl (C=O) groups excluding carboxylic acids is 1. The highest BCUT2D eigenvalue weighted by atomic mass is 32.1. The SMILES string of the molecule is C[C@H](CCC(=O)Nc1nc2ccccc2s1)[C@H]1CC[C@H]2[C@@H]3[C@@H](O)C[C@@H]4C[C@H](O)CC[C@]4(C)[C@H]3CC[C@]12C. The molecule has 5 nitrogen and oxygen atoms in total. The van der Waals surface area contributed by atoms with Gasteiger partial charge in [-0.1, -0.05) is 44.2 Å². The smallest absolute Gasteiger partial charge is 0.226 e. The highest BCUT2D eigenvalue weighted by Gasteiger charge is 2.62. The van der Waals surface area contributed by atoms with Crippen molar-refractivity contribution in [3.63, 3.8) is 0 Å². The van der Waals surface area contributed by atoms with Gasteiger partial charge in [0.1, 0.15) is 0 Å². The third-order valence-corrected chi connectivity index (χ3v) is 12.7. The Kier molecular flexibility index (Phi) is 6.69. The van der Waals surface area contributed by atoms with Crippen molar-refractivity contribution in [2.45, 2.75) is 97.2 Å². The molecule has 0 spiro atoms. The second-order valence-electron chi connectivity index (χ2n) is 13.5. The summed E-state index contributed by atoms with van der Waals surface area (Å²) in [6, 6.07) is 8.00. The van der Waals surface area contributed by atoms with Gasteiger partial charge in [-0.15, -0.1) is 0 Å². The van der Waals surface area contributed by atoms with E-state index in [4.69, 9.17) is 0 Å². The van der Waals surface area contributed by atoms with E-state index in [0.29, 0.717) is 47.1 Å². The number of fused-ring (bicyclic) bond motifs is 6.